The standard InChI is InChI=1S/C12H18N2O3S/c1-8-13-9(7-18-8)6-10(15)14-12(2,3)5-4-11(16)17/h7H,4-6H2,1-3H3,(H,14,15)(H,16,17). The number of aromatic nitrogens is 1. The number of carbonyl (C=O) groups is 2. The molecule has 5 nitrogen and oxygen atoms in total. The van der Waals surface area contributed by atoms with Crippen LogP contribution in [0.5, 0.6) is 0 Å². The topological polar surface area (TPSA) is 79.3 Å². The van der Waals surface area contributed by atoms with Gasteiger partial charge in [-0.25, -0.2) is 4.98 Å². The fraction of sp³-hybridized carbons (Fsp3) is 0.583. The molecule has 2 N–H and O–H groups in total. The molecular weight excluding hydrogens is 252 g/mol. The Kier molecular flexibility index (Phi) is 4.84. The molecule has 0 spiro atoms. The van der Waals surface area contributed by atoms with E-state index in [1.54, 1.807) is 0 Å². The van der Waals surface area contributed by atoms with E-state index in [1.165, 1.54) is 11.3 Å². The van der Waals surface area contributed by atoms with Crippen LogP contribution in [-0.4, -0.2) is 27.5 Å². The van der Waals surface area contributed by atoms with Gasteiger partial charge in [0.25, 0.3) is 0 Å². The number of carbonyl (C=O) groups excluding carboxylic acids is 1. The summed E-state index contributed by atoms with van der Waals surface area (Å²) in [4.78, 5) is 26.5. The average molecular weight is 270 g/mol. The quantitative estimate of drug-likeness (QED) is 0.825. The van der Waals surface area contributed by atoms with Gasteiger partial charge in [-0.2, -0.15) is 0 Å². The third-order valence-corrected chi connectivity index (χ3v) is 3.27. The third kappa shape index (κ3) is 5.27. The van der Waals surface area contributed by atoms with Crippen LogP contribution in [0.2, 0.25) is 0 Å². The number of carboxylic acid groups (broad SMARTS) is 1. The van der Waals surface area contributed by atoms with Crippen molar-refractivity contribution < 1.29 is 14.7 Å². The van der Waals surface area contributed by atoms with Crippen molar-refractivity contribution in [3.63, 3.8) is 0 Å². The van der Waals surface area contributed by atoms with E-state index in [9.17, 15) is 9.59 Å². The number of amides is 1. The molecule has 100 valence electrons. The maximum atomic E-state index is 11.8. The third-order valence-electron chi connectivity index (χ3n) is 2.45. The maximum absolute atomic E-state index is 11.8. The summed E-state index contributed by atoms with van der Waals surface area (Å²) >= 11 is 1.51. The van der Waals surface area contributed by atoms with Crippen LogP contribution in [0.25, 0.3) is 0 Å². The largest absolute Gasteiger partial charge is 0.481 e. The lowest BCUT2D eigenvalue weighted by Crippen LogP contribution is -2.44. The molecule has 18 heavy (non-hydrogen) atoms. The summed E-state index contributed by atoms with van der Waals surface area (Å²) in [6.07, 6.45) is 0.689. The van der Waals surface area contributed by atoms with Crippen LogP contribution in [0.3, 0.4) is 0 Å². The second kappa shape index (κ2) is 5.95. The average Bonchev–Trinajstić information content (AvgIpc) is 2.60. The number of hydrogen-bond donors (Lipinski definition) is 2. The highest BCUT2D eigenvalue weighted by Gasteiger charge is 2.21. The minimum atomic E-state index is -0.854. The number of thiazole rings is 1. The van der Waals surface area contributed by atoms with Crippen molar-refractivity contribution >= 4 is 23.2 Å². The van der Waals surface area contributed by atoms with Crippen LogP contribution < -0.4 is 5.32 Å². The molecule has 0 aliphatic rings. The van der Waals surface area contributed by atoms with Crippen molar-refractivity contribution in [2.75, 3.05) is 0 Å². The Balaban J connectivity index is 2.45. The summed E-state index contributed by atoms with van der Waals surface area (Å²) < 4.78 is 0. The SMILES string of the molecule is Cc1nc(CC(=O)NC(C)(C)CCC(=O)O)cs1. The summed E-state index contributed by atoms with van der Waals surface area (Å²) in [6, 6.07) is 0. The number of aliphatic carboxylic acids is 1. The predicted octanol–water partition coefficient (Wildman–Crippen LogP) is 1.75. The normalized spacial score (nSPS) is 11.3. The zero-order valence-corrected chi connectivity index (χ0v) is 11.6. The number of nitrogens with zero attached hydrogens (tertiary/aromatic N) is 1. The van der Waals surface area contributed by atoms with E-state index in [0.717, 1.165) is 10.7 Å². The molecule has 1 rings (SSSR count). The highest BCUT2D eigenvalue weighted by atomic mass is 32.1. The molecular formula is C12H18N2O3S. The lowest BCUT2D eigenvalue weighted by molar-refractivity contribution is -0.137. The molecule has 0 aliphatic heterocycles. The van der Waals surface area contributed by atoms with E-state index in [4.69, 9.17) is 5.11 Å². The van der Waals surface area contributed by atoms with E-state index < -0.39 is 11.5 Å². The molecule has 1 heterocycles. The van der Waals surface area contributed by atoms with Crippen molar-refractivity contribution in [2.45, 2.75) is 45.6 Å². The van der Waals surface area contributed by atoms with Gasteiger partial charge in [-0.15, -0.1) is 11.3 Å². The molecule has 1 amide bonds. The number of aryl methyl sites for hydroxylation is 1. The van der Waals surface area contributed by atoms with Crippen molar-refractivity contribution in [3.8, 4) is 0 Å². The monoisotopic (exact) mass is 270 g/mol. The first kappa shape index (κ1) is 14.6. The van der Waals surface area contributed by atoms with Gasteiger partial charge in [0.1, 0.15) is 0 Å². The molecule has 0 radical (unpaired) electrons. The fourth-order valence-electron chi connectivity index (χ4n) is 1.56. The minimum absolute atomic E-state index is 0.0447. The van der Waals surface area contributed by atoms with Crippen molar-refractivity contribution in [3.05, 3.63) is 16.1 Å². The van der Waals surface area contributed by atoms with Crippen molar-refractivity contribution in [2.24, 2.45) is 0 Å². The second-order valence-corrected chi connectivity index (χ2v) is 5.92. The molecule has 0 bridgehead atoms. The van der Waals surface area contributed by atoms with Crippen LogP contribution in [0, 0.1) is 6.92 Å². The summed E-state index contributed by atoms with van der Waals surface area (Å²) in [5, 5.41) is 14.3. The highest BCUT2D eigenvalue weighted by molar-refractivity contribution is 7.09. The van der Waals surface area contributed by atoms with Crippen molar-refractivity contribution in [1.82, 2.24) is 10.3 Å². The molecule has 0 saturated heterocycles. The first-order valence-electron chi connectivity index (χ1n) is 5.72. The van der Waals surface area contributed by atoms with Crippen LogP contribution >= 0.6 is 11.3 Å². The number of rotatable bonds is 6. The summed E-state index contributed by atoms with van der Waals surface area (Å²) in [5.74, 6) is -0.983. The summed E-state index contributed by atoms with van der Waals surface area (Å²) in [5.41, 5.74) is 0.240. The number of carboxylic acids is 1. The molecule has 0 saturated carbocycles. The second-order valence-electron chi connectivity index (χ2n) is 4.86. The van der Waals surface area contributed by atoms with Gasteiger partial charge < -0.3 is 10.4 Å². The van der Waals surface area contributed by atoms with E-state index in [2.05, 4.69) is 10.3 Å². The molecule has 0 atom stereocenters. The van der Waals surface area contributed by atoms with Gasteiger partial charge in [0.05, 0.1) is 17.1 Å². The Hall–Kier alpha value is -1.43. The Morgan fingerprint density at radius 1 is 1.50 bits per heavy atom. The van der Waals surface area contributed by atoms with Crippen LogP contribution in [0.4, 0.5) is 0 Å². The van der Waals surface area contributed by atoms with Gasteiger partial charge in [-0.1, -0.05) is 0 Å². The molecule has 1 aromatic heterocycles. The Labute approximate surface area is 110 Å². The molecule has 0 aromatic carbocycles. The van der Waals surface area contributed by atoms with E-state index in [0.29, 0.717) is 6.42 Å². The van der Waals surface area contributed by atoms with Gasteiger partial charge in [0.15, 0.2) is 0 Å². The lowest BCUT2D eigenvalue weighted by atomic mass is 9.98. The molecule has 0 fully saturated rings. The fourth-order valence-corrected chi connectivity index (χ4v) is 2.17. The highest BCUT2D eigenvalue weighted by Crippen LogP contribution is 2.13. The zero-order chi connectivity index (χ0) is 13.8. The summed E-state index contributed by atoms with van der Waals surface area (Å²) in [6.45, 7) is 5.53. The van der Waals surface area contributed by atoms with Gasteiger partial charge in [-0.05, 0) is 27.2 Å². The van der Waals surface area contributed by atoms with Crippen molar-refractivity contribution in [1.29, 1.82) is 0 Å². The number of hydrogen-bond acceptors (Lipinski definition) is 4. The minimum Gasteiger partial charge on any atom is -0.481 e. The van der Waals surface area contributed by atoms with Crippen LogP contribution in [-0.2, 0) is 16.0 Å². The first-order valence-corrected chi connectivity index (χ1v) is 6.60. The molecule has 6 heteroatoms. The van der Waals surface area contributed by atoms with E-state index >= 15 is 0 Å². The number of nitrogens with one attached hydrogen (secondary N) is 1. The van der Waals surface area contributed by atoms with Crippen LogP contribution in [0.15, 0.2) is 5.38 Å². The molecule has 1 aromatic rings. The Bertz CT molecular complexity index is 440. The van der Waals surface area contributed by atoms with E-state index in [-0.39, 0.29) is 18.7 Å². The predicted molar refractivity (Wildman–Crippen MR) is 69.6 cm³/mol. The van der Waals surface area contributed by atoms with Gasteiger partial charge in [0.2, 0.25) is 5.91 Å². The van der Waals surface area contributed by atoms with Crippen LogP contribution in [0.1, 0.15) is 37.4 Å². The Morgan fingerprint density at radius 3 is 2.67 bits per heavy atom. The summed E-state index contributed by atoms with van der Waals surface area (Å²) in [7, 11) is 0. The van der Waals surface area contributed by atoms with Gasteiger partial charge in [0, 0.05) is 17.3 Å². The maximum Gasteiger partial charge on any atom is 0.303 e. The van der Waals surface area contributed by atoms with E-state index in [1.807, 2.05) is 26.2 Å². The lowest BCUT2D eigenvalue weighted by Gasteiger charge is -2.25. The zero-order valence-electron chi connectivity index (χ0n) is 10.8. The first-order chi connectivity index (χ1) is 8.28. The van der Waals surface area contributed by atoms with Gasteiger partial charge in [-0.3, -0.25) is 9.59 Å². The van der Waals surface area contributed by atoms with Gasteiger partial charge >= 0.3 is 5.97 Å². The molecule has 0 unspecified atom stereocenters. The molecule has 0 aliphatic carbocycles. The Morgan fingerprint density at radius 2 is 2.17 bits per heavy atom. The smallest absolute Gasteiger partial charge is 0.303 e.